The molecule has 0 aromatic carbocycles. The minimum absolute atomic E-state index is 0.0130. The number of amides is 3. The average Bonchev–Trinajstić information content (AvgIpc) is 2.10. The van der Waals surface area contributed by atoms with Crippen molar-refractivity contribution in [3.63, 3.8) is 0 Å². The number of nitrogens with one attached hydrogen (secondary N) is 1. The predicted octanol–water partition coefficient (Wildman–Crippen LogP) is -1.26. The van der Waals surface area contributed by atoms with Crippen molar-refractivity contribution in [3.8, 4) is 0 Å². The van der Waals surface area contributed by atoms with Crippen molar-refractivity contribution >= 4 is 17.9 Å². The highest BCUT2D eigenvalue weighted by molar-refractivity contribution is 5.84. The monoisotopic (exact) mass is 201 g/mol. The SMILES string of the molecule is NC(=O)NN1CCOC(=O)CCC1=O. The Bertz CT molecular complexity index is 266. The molecule has 3 N–H and O–H groups in total. The number of hydrazine groups is 1. The van der Waals surface area contributed by atoms with Crippen LogP contribution in [0.2, 0.25) is 0 Å². The first-order valence-corrected chi connectivity index (χ1v) is 4.11. The molecule has 1 fully saturated rings. The van der Waals surface area contributed by atoms with Crippen molar-refractivity contribution in [2.24, 2.45) is 5.73 Å². The normalized spacial score (nSPS) is 18.1. The summed E-state index contributed by atoms with van der Waals surface area (Å²) >= 11 is 0. The number of urea groups is 1. The Kier molecular flexibility index (Phi) is 3.27. The molecule has 0 aromatic rings. The molecule has 7 heteroatoms. The lowest BCUT2D eigenvalue weighted by atomic mass is 10.3. The van der Waals surface area contributed by atoms with Crippen LogP contribution in [0.1, 0.15) is 12.8 Å². The van der Waals surface area contributed by atoms with Gasteiger partial charge in [-0.3, -0.25) is 9.59 Å². The summed E-state index contributed by atoms with van der Waals surface area (Å²) in [5, 5.41) is 1.05. The van der Waals surface area contributed by atoms with E-state index >= 15 is 0 Å². The average molecular weight is 201 g/mol. The number of nitrogens with zero attached hydrogens (tertiary/aromatic N) is 1. The van der Waals surface area contributed by atoms with Crippen LogP contribution in [0.25, 0.3) is 0 Å². The summed E-state index contributed by atoms with van der Waals surface area (Å²) in [6.45, 7) is 0.179. The van der Waals surface area contributed by atoms with Gasteiger partial charge < -0.3 is 10.5 Å². The number of carbonyl (C=O) groups is 3. The summed E-state index contributed by atoms with van der Waals surface area (Å²) < 4.78 is 4.72. The fraction of sp³-hybridized carbons (Fsp3) is 0.571. The van der Waals surface area contributed by atoms with E-state index in [1.54, 1.807) is 0 Å². The lowest BCUT2D eigenvalue weighted by Gasteiger charge is -2.23. The number of nitrogens with two attached hydrogens (primary N) is 1. The zero-order valence-corrected chi connectivity index (χ0v) is 7.49. The van der Waals surface area contributed by atoms with Gasteiger partial charge in [-0.05, 0) is 0 Å². The standard InChI is InChI=1S/C7H11N3O4/c8-7(13)9-10-3-4-14-6(12)2-1-5(10)11/h1-4H2,(H3,8,9,13). The molecule has 0 aliphatic carbocycles. The molecule has 0 aromatic heterocycles. The van der Waals surface area contributed by atoms with Crippen molar-refractivity contribution in [2.75, 3.05) is 13.2 Å². The van der Waals surface area contributed by atoms with Gasteiger partial charge >= 0.3 is 12.0 Å². The van der Waals surface area contributed by atoms with Gasteiger partial charge in [0.2, 0.25) is 5.91 Å². The second kappa shape index (κ2) is 4.45. The molecule has 0 saturated carbocycles. The summed E-state index contributed by atoms with van der Waals surface area (Å²) in [5.41, 5.74) is 7.00. The molecule has 0 bridgehead atoms. The van der Waals surface area contributed by atoms with Gasteiger partial charge in [-0.2, -0.15) is 0 Å². The van der Waals surface area contributed by atoms with Crippen molar-refractivity contribution in [3.05, 3.63) is 0 Å². The molecular formula is C7H11N3O4. The van der Waals surface area contributed by atoms with Crippen LogP contribution in [-0.4, -0.2) is 36.1 Å². The second-order valence-electron chi connectivity index (χ2n) is 2.74. The summed E-state index contributed by atoms with van der Waals surface area (Å²) in [4.78, 5) is 32.6. The number of cyclic esters (lactones) is 1. The van der Waals surface area contributed by atoms with Gasteiger partial charge in [-0.1, -0.05) is 0 Å². The van der Waals surface area contributed by atoms with Crippen molar-refractivity contribution in [2.45, 2.75) is 12.8 Å². The lowest BCUT2D eigenvalue weighted by Crippen LogP contribution is -2.50. The van der Waals surface area contributed by atoms with E-state index in [2.05, 4.69) is 5.43 Å². The summed E-state index contributed by atoms with van der Waals surface area (Å²) in [6, 6.07) is -0.815. The molecule has 0 radical (unpaired) electrons. The van der Waals surface area contributed by atoms with E-state index in [0.29, 0.717) is 0 Å². The molecule has 78 valence electrons. The largest absolute Gasteiger partial charge is 0.464 e. The van der Waals surface area contributed by atoms with E-state index in [9.17, 15) is 14.4 Å². The Morgan fingerprint density at radius 1 is 1.43 bits per heavy atom. The van der Waals surface area contributed by atoms with Crippen molar-refractivity contribution in [1.82, 2.24) is 10.4 Å². The van der Waals surface area contributed by atoms with Crippen LogP contribution >= 0.6 is 0 Å². The maximum absolute atomic E-state index is 11.3. The molecule has 1 heterocycles. The van der Waals surface area contributed by atoms with E-state index in [1.165, 1.54) is 0 Å². The quantitative estimate of drug-likeness (QED) is 0.516. The number of esters is 1. The molecule has 0 atom stereocenters. The second-order valence-corrected chi connectivity index (χ2v) is 2.74. The number of carbonyl (C=O) groups excluding carboxylic acids is 3. The van der Waals surface area contributed by atoms with Crippen molar-refractivity contribution < 1.29 is 19.1 Å². The zero-order valence-electron chi connectivity index (χ0n) is 7.49. The number of hydrogen-bond donors (Lipinski definition) is 2. The van der Waals surface area contributed by atoms with Gasteiger partial charge in [-0.15, -0.1) is 0 Å². The van der Waals surface area contributed by atoms with Gasteiger partial charge in [0.15, 0.2) is 0 Å². The first-order chi connectivity index (χ1) is 6.59. The Hall–Kier alpha value is -1.79. The maximum atomic E-state index is 11.3. The lowest BCUT2D eigenvalue weighted by molar-refractivity contribution is -0.151. The van der Waals surface area contributed by atoms with Crippen LogP contribution < -0.4 is 11.2 Å². The third-order valence-electron chi connectivity index (χ3n) is 1.67. The topological polar surface area (TPSA) is 102 Å². The molecule has 7 nitrogen and oxygen atoms in total. The van der Waals surface area contributed by atoms with Gasteiger partial charge in [0.05, 0.1) is 13.0 Å². The first kappa shape index (κ1) is 10.3. The van der Waals surface area contributed by atoms with Crippen LogP contribution in [-0.2, 0) is 14.3 Å². The molecule has 1 saturated heterocycles. The molecule has 0 unspecified atom stereocenters. The van der Waals surface area contributed by atoms with Crippen LogP contribution in [0.3, 0.4) is 0 Å². The fourth-order valence-corrected chi connectivity index (χ4v) is 1.04. The fourth-order valence-electron chi connectivity index (χ4n) is 1.04. The highest BCUT2D eigenvalue weighted by Crippen LogP contribution is 2.01. The van der Waals surface area contributed by atoms with Crippen molar-refractivity contribution in [1.29, 1.82) is 0 Å². The summed E-state index contributed by atoms with van der Waals surface area (Å²) in [5.74, 6) is -0.752. The van der Waals surface area contributed by atoms with Gasteiger partial charge in [0.25, 0.3) is 0 Å². The minimum Gasteiger partial charge on any atom is -0.464 e. The molecule has 14 heavy (non-hydrogen) atoms. The van der Waals surface area contributed by atoms with E-state index in [1.807, 2.05) is 0 Å². The van der Waals surface area contributed by atoms with E-state index in [4.69, 9.17) is 10.5 Å². The van der Waals surface area contributed by atoms with Gasteiger partial charge in [0, 0.05) is 6.42 Å². The molecule has 3 amide bonds. The van der Waals surface area contributed by atoms with Gasteiger partial charge in [-0.25, -0.2) is 15.2 Å². The Balaban J connectivity index is 2.53. The third kappa shape index (κ3) is 2.92. The van der Waals surface area contributed by atoms with Gasteiger partial charge in [0.1, 0.15) is 6.61 Å². The number of primary amides is 1. The van der Waals surface area contributed by atoms with Crippen LogP contribution in [0.5, 0.6) is 0 Å². The predicted molar refractivity (Wildman–Crippen MR) is 44.6 cm³/mol. The summed E-state index contributed by atoms with van der Waals surface area (Å²) in [6.07, 6.45) is 0.0366. The zero-order chi connectivity index (χ0) is 10.6. The van der Waals surface area contributed by atoms with Crippen LogP contribution in [0, 0.1) is 0 Å². The molecule has 1 aliphatic heterocycles. The Morgan fingerprint density at radius 3 is 2.79 bits per heavy atom. The molecular weight excluding hydrogens is 190 g/mol. The van der Waals surface area contributed by atoms with E-state index in [0.717, 1.165) is 5.01 Å². The Labute approximate surface area is 80.1 Å². The number of ether oxygens (including phenoxy) is 1. The molecule has 0 spiro atoms. The summed E-state index contributed by atoms with van der Waals surface area (Å²) in [7, 11) is 0. The van der Waals surface area contributed by atoms with Crippen LogP contribution in [0.4, 0.5) is 4.79 Å². The molecule has 1 aliphatic rings. The first-order valence-electron chi connectivity index (χ1n) is 4.11. The minimum atomic E-state index is -0.815. The van der Waals surface area contributed by atoms with E-state index < -0.39 is 12.0 Å². The third-order valence-corrected chi connectivity index (χ3v) is 1.67. The van der Waals surface area contributed by atoms with E-state index in [-0.39, 0.29) is 31.9 Å². The maximum Gasteiger partial charge on any atom is 0.331 e. The van der Waals surface area contributed by atoms with Crippen LogP contribution in [0.15, 0.2) is 0 Å². The molecule has 1 rings (SSSR count). The highest BCUT2D eigenvalue weighted by atomic mass is 16.5. The number of hydrogen-bond acceptors (Lipinski definition) is 4. The Morgan fingerprint density at radius 2 is 2.14 bits per heavy atom. The highest BCUT2D eigenvalue weighted by Gasteiger charge is 2.19. The number of rotatable bonds is 1. The smallest absolute Gasteiger partial charge is 0.331 e.